The Morgan fingerprint density at radius 3 is 2.52 bits per heavy atom. The van der Waals surface area contributed by atoms with Crippen LogP contribution in [-0.4, -0.2) is 37.4 Å². The average molecular weight is 292 g/mol. The molecule has 0 radical (unpaired) electrons. The molecule has 0 aliphatic heterocycles. The Labute approximate surface area is 130 Å². The number of nitrogens with zero attached hydrogens (tertiary/aromatic N) is 1. The van der Waals surface area contributed by atoms with Crippen LogP contribution in [0.5, 0.6) is 0 Å². The molecular formula is C18H32N2O. The van der Waals surface area contributed by atoms with Gasteiger partial charge in [0.05, 0.1) is 6.61 Å². The molecule has 1 rings (SSSR count). The van der Waals surface area contributed by atoms with Crippen LogP contribution in [0.1, 0.15) is 45.1 Å². The normalized spacial score (nSPS) is 14.0. The molecule has 0 saturated heterocycles. The fourth-order valence-electron chi connectivity index (χ4n) is 2.79. The number of rotatable bonds is 10. The quantitative estimate of drug-likeness (QED) is 0.694. The summed E-state index contributed by atoms with van der Waals surface area (Å²) >= 11 is 0. The van der Waals surface area contributed by atoms with E-state index in [1.165, 1.54) is 11.3 Å². The summed E-state index contributed by atoms with van der Waals surface area (Å²) in [5, 5.41) is 13.3. The van der Waals surface area contributed by atoms with E-state index in [1.807, 2.05) is 0 Å². The summed E-state index contributed by atoms with van der Waals surface area (Å²) in [6.45, 7) is 8.68. The summed E-state index contributed by atoms with van der Waals surface area (Å²) in [5.74, 6) is 0. The van der Waals surface area contributed by atoms with Crippen molar-refractivity contribution in [2.24, 2.45) is 0 Å². The summed E-state index contributed by atoms with van der Waals surface area (Å²) < 4.78 is 0. The number of hydrogen-bond acceptors (Lipinski definition) is 3. The topological polar surface area (TPSA) is 35.5 Å². The molecular weight excluding hydrogens is 260 g/mol. The first-order valence-electron chi connectivity index (χ1n) is 8.21. The molecule has 3 nitrogen and oxygen atoms in total. The Balaban J connectivity index is 2.52. The highest BCUT2D eigenvalue weighted by atomic mass is 16.3. The SMILES string of the molecule is CCCNC(CC)(CO)CCCN(C)c1ccccc1C. The molecule has 0 bridgehead atoms. The summed E-state index contributed by atoms with van der Waals surface area (Å²) in [5.41, 5.74) is 2.50. The molecule has 1 atom stereocenters. The summed E-state index contributed by atoms with van der Waals surface area (Å²) in [6, 6.07) is 8.49. The first kappa shape index (κ1) is 18.0. The lowest BCUT2D eigenvalue weighted by Gasteiger charge is -2.33. The van der Waals surface area contributed by atoms with Gasteiger partial charge in [0, 0.05) is 24.8 Å². The summed E-state index contributed by atoms with van der Waals surface area (Å²) in [7, 11) is 2.15. The zero-order chi connectivity index (χ0) is 15.7. The van der Waals surface area contributed by atoms with Crippen molar-refractivity contribution >= 4 is 5.69 Å². The number of nitrogens with one attached hydrogen (secondary N) is 1. The van der Waals surface area contributed by atoms with Gasteiger partial charge in [-0.25, -0.2) is 0 Å². The van der Waals surface area contributed by atoms with Gasteiger partial charge in [-0.05, 0) is 50.8 Å². The van der Waals surface area contributed by atoms with Crippen LogP contribution in [0.15, 0.2) is 24.3 Å². The van der Waals surface area contributed by atoms with Crippen molar-refractivity contribution in [2.45, 2.75) is 52.0 Å². The third kappa shape index (κ3) is 5.33. The minimum Gasteiger partial charge on any atom is -0.394 e. The number of aliphatic hydroxyl groups excluding tert-OH is 1. The predicted molar refractivity (Wildman–Crippen MR) is 92.1 cm³/mol. The second kappa shape index (κ2) is 9.06. The molecule has 21 heavy (non-hydrogen) atoms. The predicted octanol–water partition coefficient (Wildman–Crippen LogP) is 3.35. The van der Waals surface area contributed by atoms with E-state index >= 15 is 0 Å². The highest BCUT2D eigenvalue weighted by molar-refractivity contribution is 5.52. The molecule has 0 aliphatic carbocycles. The number of benzene rings is 1. The highest BCUT2D eigenvalue weighted by Gasteiger charge is 2.25. The van der Waals surface area contributed by atoms with Crippen LogP contribution in [0.25, 0.3) is 0 Å². The first-order valence-corrected chi connectivity index (χ1v) is 8.21. The Hall–Kier alpha value is -1.06. The molecule has 0 fully saturated rings. The van der Waals surface area contributed by atoms with Crippen molar-refractivity contribution in [3.63, 3.8) is 0 Å². The Bertz CT molecular complexity index is 402. The van der Waals surface area contributed by atoms with Crippen molar-refractivity contribution in [1.82, 2.24) is 5.32 Å². The molecule has 0 heterocycles. The van der Waals surface area contributed by atoms with E-state index < -0.39 is 0 Å². The molecule has 1 aromatic rings. The fourth-order valence-corrected chi connectivity index (χ4v) is 2.79. The highest BCUT2D eigenvalue weighted by Crippen LogP contribution is 2.21. The molecule has 0 aliphatic rings. The first-order chi connectivity index (χ1) is 10.1. The Morgan fingerprint density at radius 1 is 1.24 bits per heavy atom. The van der Waals surface area contributed by atoms with Gasteiger partial charge in [0.25, 0.3) is 0 Å². The van der Waals surface area contributed by atoms with Crippen LogP contribution in [0, 0.1) is 6.92 Å². The molecule has 1 unspecified atom stereocenters. The molecule has 120 valence electrons. The number of aryl methyl sites for hydroxylation is 1. The lowest BCUT2D eigenvalue weighted by atomic mass is 9.91. The van der Waals surface area contributed by atoms with Crippen LogP contribution >= 0.6 is 0 Å². The minimum absolute atomic E-state index is 0.109. The monoisotopic (exact) mass is 292 g/mol. The summed E-state index contributed by atoms with van der Waals surface area (Å²) in [6.07, 6.45) is 4.16. The van der Waals surface area contributed by atoms with Gasteiger partial charge in [-0.3, -0.25) is 0 Å². The van der Waals surface area contributed by atoms with E-state index in [0.29, 0.717) is 0 Å². The average Bonchev–Trinajstić information content (AvgIpc) is 2.51. The van der Waals surface area contributed by atoms with E-state index in [1.54, 1.807) is 0 Å². The van der Waals surface area contributed by atoms with Crippen molar-refractivity contribution < 1.29 is 5.11 Å². The van der Waals surface area contributed by atoms with Gasteiger partial charge >= 0.3 is 0 Å². The third-order valence-corrected chi connectivity index (χ3v) is 4.40. The third-order valence-electron chi connectivity index (χ3n) is 4.40. The van der Waals surface area contributed by atoms with Crippen molar-refractivity contribution in [3.8, 4) is 0 Å². The molecule has 0 amide bonds. The molecule has 1 aromatic carbocycles. The van der Waals surface area contributed by atoms with Crippen LogP contribution in [0.2, 0.25) is 0 Å². The number of para-hydroxylation sites is 1. The number of aliphatic hydroxyl groups is 1. The van der Waals surface area contributed by atoms with Gasteiger partial charge in [-0.1, -0.05) is 32.0 Å². The van der Waals surface area contributed by atoms with Crippen molar-refractivity contribution in [1.29, 1.82) is 0 Å². The van der Waals surface area contributed by atoms with Crippen LogP contribution in [0.3, 0.4) is 0 Å². The zero-order valence-electron chi connectivity index (χ0n) is 14.2. The van der Waals surface area contributed by atoms with Gasteiger partial charge < -0.3 is 15.3 Å². The maximum atomic E-state index is 9.75. The second-order valence-corrected chi connectivity index (χ2v) is 6.03. The second-order valence-electron chi connectivity index (χ2n) is 6.03. The standard InChI is InChI=1S/C18H32N2O/c1-5-13-19-18(6-2,15-21)12-9-14-20(4)17-11-8-7-10-16(17)3/h7-8,10-11,19,21H,5-6,9,12-15H2,1-4H3. The molecule has 3 heteroatoms. The Kier molecular flexibility index (Phi) is 7.76. The fraction of sp³-hybridized carbons (Fsp3) is 0.667. The van der Waals surface area contributed by atoms with Gasteiger partial charge in [0.2, 0.25) is 0 Å². The van der Waals surface area contributed by atoms with Crippen molar-refractivity contribution in [3.05, 3.63) is 29.8 Å². The largest absolute Gasteiger partial charge is 0.394 e. The van der Waals surface area contributed by atoms with E-state index in [0.717, 1.165) is 38.8 Å². The molecule has 2 N–H and O–H groups in total. The van der Waals surface area contributed by atoms with Crippen LogP contribution in [-0.2, 0) is 0 Å². The number of anilines is 1. The minimum atomic E-state index is -0.109. The van der Waals surface area contributed by atoms with Crippen molar-refractivity contribution in [2.75, 3.05) is 31.6 Å². The van der Waals surface area contributed by atoms with Gasteiger partial charge in [0.1, 0.15) is 0 Å². The van der Waals surface area contributed by atoms with Crippen LogP contribution < -0.4 is 10.2 Å². The van der Waals surface area contributed by atoms with E-state index in [9.17, 15) is 5.11 Å². The molecule has 0 saturated carbocycles. The van der Waals surface area contributed by atoms with E-state index in [2.05, 4.69) is 62.3 Å². The van der Waals surface area contributed by atoms with Gasteiger partial charge in [-0.2, -0.15) is 0 Å². The van der Waals surface area contributed by atoms with Gasteiger partial charge in [-0.15, -0.1) is 0 Å². The van der Waals surface area contributed by atoms with Gasteiger partial charge in [0.15, 0.2) is 0 Å². The molecule has 0 spiro atoms. The zero-order valence-corrected chi connectivity index (χ0v) is 14.2. The Morgan fingerprint density at radius 2 is 1.95 bits per heavy atom. The summed E-state index contributed by atoms with van der Waals surface area (Å²) in [4.78, 5) is 2.31. The maximum absolute atomic E-state index is 9.75. The lowest BCUT2D eigenvalue weighted by Crippen LogP contribution is -2.48. The van der Waals surface area contributed by atoms with Crippen LogP contribution in [0.4, 0.5) is 5.69 Å². The maximum Gasteiger partial charge on any atom is 0.0613 e. The molecule has 0 aromatic heterocycles. The van der Waals surface area contributed by atoms with E-state index in [4.69, 9.17) is 0 Å². The lowest BCUT2D eigenvalue weighted by molar-refractivity contribution is 0.145. The smallest absolute Gasteiger partial charge is 0.0613 e. The van der Waals surface area contributed by atoms with E-state index in [-0.39, 0.29) is 12.1 Å². The number of hydrogen-bond donors (Lipinski definition) is 2.